The van der Waals surface area contributed by atoms with Crippen LogP contribution in [0.15, 0.2) is 18.2 Å². The molecule has 0 aromatic heterocycles. The third-order valence-electron chi connectivity index (χ3n) is 6.01. The van der Waals surface area contributed by atoms with Gasteiger partial charge in [0.1, 0.15) is 0 Å². The van der Waals surface area contributed by atoms with E-state index in [1.165, 1.54) is 5.56 Å². The van der Waals surface area contributed by atoms with E-state index < -0.39 is 13.8 Å². The van der Waals surface area contributed by atoms with Crippen LogP contribution in [-0.4, -0.2) is 24.0 Å². The van der Waals surface area contributed by atoms with Crippen molar-refractivity contribution < 1.29 is 8.22 Å². The molecule has 0 spiro atoms. The summed E-state index contributed by atoms with van der Waals surface area (Å²) in [4.78, 5) is 1.77. The maximum atomic E-state index is 7.94. The predicted molar refractivity (Wildman–Crippen MR) is 79.5 cm³/mol. The summed E-state index contributed by atoms with van der Waals surface area (Å²) in [5, 5.41) is 0. The summed E-state index contributed by atoms with van der Waals surface area (Å²) in [6, 6.07) is 5.71. The van der Waals surface area contributed by atoms with E-state index in [4.69, 9.17) is 8.22 Å². The molecule has 102 valence electrons. The van der Waals surface area contributed by atoms with Crippen LogP contribution < -0.4 is 0 Å². The molecule has 1 saturated heterocycles. The second kappa shape index (κ2) is 3.85. The number of aryl methyl sites for hydroxylation is 1. The Hall–Kier alpha value is -0.820. The number of likely N-dealkylation sites (N-methyl/N-ethyl adjacent to an activating group) is 1. The van der Waals surface area contributed by atoms with Gasteiger partial charge < -0.3 is 0 Å². The van der Waals surface area contributed by atoms with Gasteiger partial charge in [0.15, 0.2) is 0 Å². The van der Waals surface area contributed by atoms with Gasteiger partial charge in [-0.2, -0.15) is 0 Å². The fourth-order valence-corrected chi connectivity index (χ4v) is 5.18. The highest BCUT2D eigenvalue weighted by molar-refractivity contribution is 5.44. The largest absolute Gasteiger partial charge is 0.299 e. The molecule has 2 unspecified atom stereocenters. The summed E-state index contributed by atoms with van der Waals surface area (Å²) in [7, 11) is 0. The zero-order valence-corrected chi connectivity index (χ0v) is 11.4. The highest BCUT2D eigenvalue weighted by Gasteiger charge is 2.60. The van der Waals surface area contributed by atoms with Gasteiger partial charge in [-0.3, -0.25) is 4.90 Å². The molecule has 1 heterocycles. The normalized spacial score (nSPS) is 46.3. The number of benzene rings is 1. The quantitative estimate of drug-likeness (QED) is 0.745. The standard InChI is InChI=1S/C18H25N/c1-4-18-9-5-6-15-17(18)16(19(15)3)11-13-8-7-12(2)10-14(13)18/h7-8,10,15-17H,4-6,9,11H2,1-3H3/t15?,16-,17+,18?/m0/s1/i2D3,3D3. The average Bonchev–Trinajstić information content (AvgIpc) is 2.50. The molecule has 1 aliphatic heterocycles. The van der Waals surface area contributed by atoms with Crippen molar-refractivity contribution in [1.82, 2.24) is 4.90 Å². The van der Waals surface area contributed by atoms with Crippen LogP contribution in [0.3, 0.4) is 0 Å². The van der Waals surface area contributed by atoms with Gasteiger partial charge in [0, 0.05) is 25.7 Å². The molecule has 1 aromatic carbocycles. The molecule has 2 aliphatic carbocycles. The van der Waals surface area contributed by atoms with Crippen molar-refractivity contribution in [1.29, 1.82) is 0 Å². The minimum atomic E-state index is -2.10. The number of rotatable bonds is 1. The zero-order valence-electron chi connectivity index (χ0n) is 17.4. The molecule has 1 nitrogen and oxygen atoms in total. The lowest BCUT2D eigenvalue weighted by Gasteiger charge is -2.66. The van der Waals surface area contributed by atoms with Crippen LogP contribution in [0.2, 0.25) is 0 Å². The molecular weight excluding hydrogens is 230 g/mol. The van der Waals surface area contributed by atoms with E-state index in [0.29, 0.717) is 11.5 Å². The zero-order chi connectivity index (χ0) is 18.2. The van der Waals surface area contributed by atoms with Crippen LogP contribution in [0.1, 0.15) is 57.5 Å². The molecule has 0 amide bonds. The highest BCUT2D eigenvalue weighted by Crippen LogP contribution is 2.59. The van der Waals surface area contributed by atoms with Crippen LogP contribution in [0.5, 0.6) is 0 Å². The summed E-state index contributed by atoms with van der Waals surface area (Å²) in [6.45, 7) is -1.97. The molecule has 1 saturated carbocycles. The maximum Gasteiger partial charge on any atom is 0.0394 e. The molecular formula is C18H25N. The van der Waals surface area contributed by atoms with Crippen LogP contribution >= 0.6 is 0 Å². The van der Waals surface area contributed by atoms with Gasteiger partial charge in [0.2, 0.25) is 0 Å². The molecule has 19 heavy (non-hydrogen) atoms. The van der Waals surface area contributed by atoms with Gasteiger partial charge in [-0.1, -0.05) is 37.1 Å². The van der Waals surface area contributed by atoms with E-state index in [1.54, 1.807) is 11.0 Å². The molecule has 2 fully saturated rings. The Morgan fingerprint density at radius 2 is 2.37 bits per heavy atom. The van der Waals surface area contributed by atoms with Crippen LogP contribution in [-0.2, 0) is 11.8 Å². The maximum absolute atomic E-state index is 7.94. The van der Waals surface area contributed by atoms with Gasteiger partial charge in [-0.15, -0.1) is 0 Å². The van der Waals surface area contributed by atoms with Crippen LogP contribution in [0, 0.1) is 12.8 Å². The lowest BCUT2D eigenvalue weighted by molar-refractivity contribution is -0.115. The lowest BCUT2D eigenvalue weighted by atomic mass is 9.49. The van der Waals surface area contributed by atoms with E-state index >= 15 is 0 Å². The van der Waals surface area contributed by atoms with E-state index in [9.17, 15) is 0 Å². The summed E-state index contributed by atoms with van der Waals surface area (Å²) in [5.41, 5.74) is 2.67. The molecule has 0 bridgehead atoms. The number of fused-ring (bicyclic) bond motifs is 2. The Morgan fingerprint density at radius 1 is 1.42 bits per heavy atom. The Kier molecular flexibility index (Phi) is 1.47. The third-order valence-corrected chi connectivity index (χ3v) is 6.01. The predicted octanol–water partition coefficient (Wildman–Crippen LogP) is 3.68. The molecule has 0 radical (unpaired) electrons. The van der Waals surface area contributed by atoms with Gasteiger partial charge in [-0.05, 0) is 56.6 Å². The lowest BCUT2D eigenvalue weighted by Crippen LogP contribution is -2.72. The monoisotopic (exact) mass is 261 g/mol. The van der Waals surface area contributed by atoms with Crippen molar-refractivity contribution >= 4 is 0 Å². The smallest absolute Gasteiger partial charge is 0.0394 e. The third kappa shape index (κ3) is 1.35. The number of likely N-dealkylation sites (tertiary alicyclic amines) is 1. The van der Waals surface area contributed by atoms with E-state index in [1.807, 2.05) is 12.1 Å². The Morgan fingerprint density at radius 3 is 3.16 bits per heavy atom. The highest BCUT2D eigenvalue weighted by atomic mass is 15.3. The van der Waals surface area contributed by atoms with Gasteiger partial charge in [-0.25, -0.2) is 0 Å². The summed E-state index contributed by atoms with van der Waals surface area (Å²) in [6.07, 6.45) is 4.64. The minimum Gasteiger partial charge on any atom is -0.299 e. The van der Waals surface area contributed by atoms with Crippen molar-refractivity contribution in [3.05, 3.63) is 34.9 Å². The van der Waals surface area contributed by atoms with Crippen molar-refractivity contribution in [2.45, 2.75) is 63.4 Å². The van der Waals surface area contributed by atoms with Gasteiger partial charge in [0.25, 0.3) is 0 Å². The first-order valence-electron chi connectivity index (χ1n) is 10.5. The molecule has 4 rings (SSSR count). The topological polar surface area (TPSA) is 3.24 Å². The Labute approximate surface area is 125 Å². The molecule has 0 N–H and O–H groups in total. The van der Waals surface area contributed by atoms with Crippen LogP contribution in [0.25, 0.3) is 0 Å². The number of hydrogen-bond acceptors (Lipinski definition) is 1. The van der Waals surface area contributed by atoms with Crippen molar-refractivity contribution in [3.63, 3.8) is 0 Å². The van der Waals surface area contributed by atoms with Crippen molar-refractivity contribution in [2.24, 2.45) is 5.92 Å². The SMILES string of the molecule is [2H]C([2H])([2H])c1ccc2c(c1)C1(CC)CCCC3[C@@H]1[C@H](C2)N3C([2H])([2H])[2H]. The van der Waals surface area contributed by atoms with E-state index in [-0.39, 0.29) is 17.5 Å². The Bertz CT molecular complexity index is 694. The molecule has 3 aliphatic rings. The molecule has 1 aromatic rings. The van der Waals surface area contributed by atoms with E-state index in [2.05, 4.69) is 6.92 Å². The van der Waals surface area contributed by atoms with Crippen molar-refractivity contribution in [2.75, 3.05) is 6.98 Å². The van der Waals surface area contributed by atoms with Crippen LogP contribution in [0.4, 0.5) is 0 Å². The first-order chi connectivity index (χ1) is 11.6. The summed E-state index contributed by atoms with van der Waals surface area (Å²) >= 11 is 0. The second-order valence-corrected chi connectivity index (χ2v) is 6.55. The number of nitrogens with zero attached hydrogens (tertiary/aromatic N) is 1. The van der Waals surface area contributed by atoms with Crippen molar-refractivity contribution in [3.8, 4) is 0 Å². The Balaban J connectivity index is 1.84. The average molecular weight is 261 g/mol. The molecule has 1 heteroatoms. The van der Waals surface area contributed by atoms with Gasteiger partial charge >= 0.3 is 0 Å². The minimum absolute atomic E-state index is 0.0591. The fraction of sp³-hybridized carbons (Fsp3) is 0.667. The summed E-state index contributed by atoms with van der Waals surface area (Å²) < 4.78 is 47.1. The fourth-order valence-electron chi connectivity index (χ4n) is 5.18. The molecule has 4 atom stereocenters. The van der Waals surface area contributed by atoms with Gasteiger partial charge in [0.05, 0.1) is 0 Å². The second-order valence-electron chi connectivity index (χ2n) is 6.55. The van der Waals surface area contributed by atoms with E-state index in [0.717, 1.165) is 37.7 Å². The summed E-state index contributed by atoms with van der Waals surface area (Å²) in [5.74, 6) is 0.339. The number of hydrogen-bond donors (Lipinski definition) is 0. The first kappa shape index (κ1) is 7.26. The first-order valence-corrected chi connectivity index (χ1v) is 7.52.